The summed E-state index contributed by atoms with van der Waals surface area (Å²) >= 11 is 0. The average Bonchev–Trinajstić information content (AvgIpc) is 3.02. The molecule has 0 aliphatic carbocycles. The first-order chi connectivity index (χ1) is 10.5. The Labute approximate surface area is 130 Å². The summed E-state index contributed by atoms with van der Waals surface area (Å²) in [5.74, 6) is 1.24. The van der Waals surface area contributed by atoms with Crippen molar-refractivity contribution < 1.29 is 4.79 Å². The fourth-order valence-electron chi connectivity index (χ4n) is 3.20. The summed E-state index contributed by atoms with van der Waals surface area (Å²) in [6, 6.07) is 0.213. The number of carbonyl (C=O) groups is 1. The molecule has 2 aromatic rings. The van der Waals surface area contributed by atoms with Crippen molar-refractivity contribution in [1.82, 2.24) is 24.6 Å². The highest BCUT2D eigenvalue weighted by atomic mass is 16.1. The van der Waals surface area contributed by atoms with E-state index in [-0.39, 0.29) is 11.9 Å². The highest BCUT2D eigenvalue weighted by Gasteiger charge is 2.20. The molecule has 0 aromatic carbocycles. The second kappa shape index (κ2) is 5.94. The van der Waals surface area contributed by atoms with Crippen molar-refractivity contribution in [2.24, 2.45) is 7.05 Å². The molecule has 1 N–H and O–H groups in total. The van der Waals surface area contributed by atoms with Gasteiger partial charge in [-0.15, -0.1) is 0 Å². The molecule has 118 valence electrons. The first-order valence-electron chi connectivity index (χ1n) is 7.83. The quantitative estimate of drug-likeness (QED) is 0.925. The van der Waals surface area contributed by atoms with Crippen LogP contribution in [0.4, 0.5) is 0 Å². The van der Waals surface area contributed by atoms with Gasteiger partial charge in [0.25, 0.3) is 0 Å². The summed E-state index contributed by atoms with van der Waals surface area (Å²) in [5.41, 5.74) is 3.36. The van der Waals surface area contributed by atoms with Crippen LogP contribution in [0.1, 0.15) is 35.6 Å². The third-order valence-electron chi connectivity index (χ3n) is 4.56. The van der Waals surface area contributed by atoms with Crippen LogP contribution in [0.3, 0.4) is 0 Å². The standard InChI is InChI=1S/C16H23N5O/c1-11-14(12(2)20(3)19-11)5-7-16(22)18-13-4-6-15-17-8-9-21(15)10-13/h8-9,13H,4-7,10H2,1-3H3,(H,18,22). The average molecular weight is 301 g/mol. The van der Waals surface area contributed by atoms with Gasteiger partial charge in [0.05, 0.1) is 5.69 Å². The molecule has 0 fully saturated rings. The van der Waals surface area contributed by atoms with Crippen LogP contribution in [0.5, 0.6) is 0 Å². The van der Waals surface area contributed by atoms with Crippen molar-refractivity contribution in [1.29, 1.82) is 0 Å². The zero-order valence-corrected chi connectivity index (χ0v) is 13.5. The van der Waals surface area contributed by atoms with E-state index < -0.39 is 0 Å². The normalized spacial score (nSPS) is 17.3. The lowest BCUT2D eigenvalue weighted by Gasteiger charge is -2.24. The third-order valence-corrected chi connectivity index (χ3v) is 4.56. The van der Waals surface area contributed by atoms with Gasteiger partial charge < -0.3 is 9.88 Å². The number of rotatable bonds is 4. The number of hydrogen-bond donors (Lipinski definition) is 1. The van der Waals surface area contributed by atoms with Crippen LogP contribution in [-0.2, 0) is 31.2 Å². The van der Waals surface area contributed by atoms with Gasteiger partial charge in [-0.25, -0.2) is 4.98 Å². The van der Waals surface area contributed by atoms with Crippen LogP contribution >= 0.6 is 0 Å². The second-order valence-corrected chi connectivity index (χ2v) is 6.07. The van der Waals surface area contributed by atoms with Gasteiger partial charge in [0.15, 0.2) is 0 Å². The van der Waals surface area contributed by atoms with Gasteiger partial charge >= 0.3 is 0 Å². The minimum Gasteiger partial charge on any atom is -0.352 e. The van der Waals surface area contributed by atoms with Crippen molar-refractivity contribution in [2.45, 2.75) is 52.1 Å². The minimum absolute atomic E-state index is 0.121. The minimum atomic E-state index is 0.121. The molecule has 0 radical (unpaired) electrons. The van der Waals surface area contributed by atoms with Crippen molar-refractivity contribution in [3.8, 4) is 0 Å². The molecule has 1 aliphatic rings. The first kappa shape index (κ1) is 14.8. The number of aryl methyl sites for hydroxylation is 3. The molecular formula is C16H23N5O. The summed E-state index contributed by atoms with van der Waals surface area (Å²) in [5, 5.41) is 7.55. The molecule has 22 heavy (non-hydrogen) atoms. The van der Waals surface area contributed by atoms with Crippen LogP contribution in [0.2, 0.25) is 0 Å². The van der Waals surface area contributed by atoms with E-state index in [1.807, 2.05) is 31.0 Å². The number of hydrogen-bond acceptors (Lipinski definition) is 3. The molecule has 6 nitrogen and oxygen atoms in total. The van der Waals surface area contributed by atoms with Crippen LogP contribution in [0.25, 0.3) is 0 Å². The fraction of sp³-hybridized carbons (Fsp3) is 0.562. The topological polar surface area (TPSA) is 64.7 Å². The number of imidazole rings is 1. The molecule has 0 saturated heterocycles. The summed E-state index contributed by atoms with van der Waals surface area (Å²) in [6.07, 6.45) is 6.97. The maximum absolute atomic E-state index is 12.2. The number of carbonyl (C=O) groups excluding carboxylic acids is 1. The lowest BCUT2D eigenvalue weighted by Crippen LogP contribution is -2.41. The van der Waals surface area contributed by atoms with Gasteiger partial charge in [0, 0.05) is 50.6 Å². The molecule has 2 aromatic heterocycles. The monoisotopic (exact) mass is 301 g/mol. The SMILES string of the molecule is Cc1nn(C)c(C)c1CCC(=O)NC1CCc2nccn2C1. The maximum atomic E-state index is 12.2. The van der Waals surface area contributed by atoms with E-state index in [1.165, 1.54) is 5.56 Å². The fourth-order valence-corrected chi connectivity index (χ4v) is 3.20. The molecule has 0 spiro atoms. The summed E-state index contributed by atoms with van der Waals surface area (Å²) in [7, 11) is 1.94. The Balaban J connectivity index is 1.53. The predicted octanol–water partition coefficient (Wildman–Crippen LogP) is 1.30. The van der Waals surface area contributed by atoms with Crippen molar-refractivity contribution >= 4 is 5.91 Å². The molecule has 1 atom stereocenters. The van der Waals surface area contributed by atoms with Crippen LogP contribution in [0, 0.1) is 13.8 Å². The van der Waals surface area contributed by atoms with Gasteiger partial charge in [-0.1, -0.05) is 0 Å². The molecule has 1 amide bonds. The van der Waals surface area contributed by atoms with Crippen LogP contribution in [-0.4, -0.2) is 31.3 Å². The smallest absolute Gasteiger partial charge is 0.220 e. The van der Waals surface area contributed by atoms with Crippen molar-refractivity contribution in [2.75, 3.05) is 0 Å². The number of aromatic nitrogens is 4. The molecular weight excluding hydrogens is 278 g/mol. The van der Waals surface area contributed by atoms with E-state index in [0.29, 0.717) is 6.42 Å². The Morgan fingerprint density at radius 2 is 2.27 bits per heavy atom. The van der Waals surface area contributed by atoms with E-state index in [4.69, 9.17) is 0 Å². The lowest BCUT2D eigenvalue weighted by atomic mass is 10.1. The van der Waals surface area contributed by atoms with Crippen molar-refractivity contribution in [3.63, 3.8) is 0 Å². The van der Waals surface area contributed by atoms with Gasteiger partial charge in [0.1, 0.15) is 5.82 Å². The van der Waals surface area contributed by atoms with E-state index in [9.17, 15) is 4.79 Å². The summed E-state index contributed by atoms with van der Waals surface area (Å²) < 4.78 is 4.01. The Morgan fingerprint density at radius 3 is 3.00 bits per heavy atom. The zero-order valence-electron chi connectivity index (χ0n) is 13.5. The number of fused-ring (bicyclic) bond motifs is 1. The molecule has 6 heteroatoms. The molecule has 0 saturated carbocycles. The second-order valence-electron chi connectivity index (χ2n) is 6.07. The number of nitrogens with one attached hydrogen (secondary N) is 1. The summed E-state index contributed by atoms with van der Waals surface area (Å²) in [4.78, 5) is 16.5. The molecule has 3 rings (SSSR count). The first-order valence-corrected chi connectivity index (χ1v) is 7.83. The molecule has 3 heterocycles. The largest absolute Gasteiger partial charge is 0.352 e. The summed E-state index contributed by atoms with van der Waals surface area (Å²) in [6.45, 7) is 4.88. The Kier molecular flexibility index (Phi) is 4.00. The van der Waals surface area contributed by atoms with Crippen LogP contribution < -0.4 is 5.32 Å². The highest BCUT2D eigenvalue weighted by molar-refractivity contribution is 5.76. The zero-order chi connectivity index (χ0) is 15.7. The maximum Gasteiger partial charge on any atom is 0.220 e. The van der Waals surface area contributed by atoms with Crippen molar-refractivity contribution in [3.05, 3.63) is 35.2 Å². The number of nitrogens with zero attached hydrogens (tertiary/aromatic N) is 4. The van der Waals surface area contributed by atoms with Gasteiger partial charge in [0.2, 0.25) is 5.91 Å². The number of amides is 1. The Morgan fingerprint density at radius 1 is 1.45 bits per heavy atom. The third kappa shape index (κ3) is 2.91. The molecule has 1 aliphatic heterocycles. The van der Waals surface area contributed by atoms with Gasteiger partial charge in [-0.3, -0.25) is 9.48 Å². The lowest BCUT2D eigenvalue weighted by molar-refractivity contribution is -0.122. The van der Waals surface area contributed by atoms with E-state index in [0.717, 1.165) is 43.0 Å². The van der Waals surface area contributed by atoms with E-state index >= 15 is 0 Å². The predicted molar refractivity (Wildman–Crippen MR) is 83.5 cm³/mol. The van der Waals surface area contributed by atoms with E-state index in [2.05, 4.69) is 26.9 Å². The van der Waals surface area contributed by atoms with E-state index in [1.54, 1.807) is 0 Å². The highest BCUT2D eigenvalue weighted by Crippen LogP contribution is 2.15. The van der Waals surface area contributed by atoms with Gasteiger partial charge in [-0.2, -0.15) is 5.10 Å². The Bertz CT molecular complexity index is 685. The molecule has 1 unspecified atom stereocenters. The van der Waals surface area contributed by atoms with Gasteiger partial charge in [-0.05, 0) is 32.3 Å². The van der Waals surface area contributed by atoms with Crippen LogP contribution in [0.15, 0.2) is 12.4 Å². The molecule has 0 bridgehead atoms. The Hall–Kier alpha value is -2.11.